The van der Waals surface area contributed by atoms with Gasteiger partial charge in [0.25, 0.3) is 0 Å². The zero-order valence-corrected chi connectivity index (χ0v) is 5.60. The first-order valence-corrected chi connectivity index (χ1v) is 2.68. The van der Waals surface area contributed by atoms with Crippen molar-refractivity contribution < 1.29 is 0 Å². The van der Waals surface area contributed by atoms with Gasteiger partial charge in [0.05, 0.1) is 6.34 Å². The molecule has 0 aliphatic rings. The average molecular weight is 115 g/mol. The van der Waals surface area contributed by atoms with Gasteiger partial charge in [-0.25, -0.2) is 5.43 Å². The summed E-state index contributed by atoms with van der Waals surface area (Å²) in [5.74, 6) is 0. The lowest BCUT2D eigenvalue weighted by Gasteiger charge is -2.20. The number of nitrogens with zero attached hydrogens (tertiary/aromatic N) is 1. The topological polar surface area (TPSA) is 39.1 Å². The van der Waals surface area contributed by atoms with Crippen LogP contribution in [0.15, 0.2) is 0 Å². The molecule has 0 saturated heterocycles. The predicted octanol–water partition coefficient (Wildman–Crippen LogP) is 0.438. The van der Waals surface area contributed by atoms with E-state index in [9.17, 15) is 0 Å². The fraction of sp³-hybridized carbons (Fsp3) is 0.800. The van der Waals surface area contributed by atoms with Crippen molar-refractivity contribution in [2.75, 3.05) is 7.05 Å². The Kier molecular flexibility index (Phi) is 3.19. The largest absolute Gasteiger partial charge is 0.297 e. The van der Waals surface area contributed by atoms with Gasteiger partial charge in [0.15, 0.2) is 0 Å². The predicted molar refractivity (Wildman–Crippen MR) is 34.8 cm³/mol. The van der Waals surface area contributed by atoms with E-state index < -0.39 is 0 Å². The highest BCUT2D eigenvalue weighted by Crippen LogP contribution is 1.85. The third kappa shape index (κ3) is 1.93. The van der Waals surface area contributed by atoms with Crippen LogP contribution >= 0.6 is 0 Å². The maximum atomic E-state index is 6.83. The summed E-state index contributed by atoms with van der Waals surface area (Å²) in [5, 5.41) is 8.54. The Morgan fingerprint density at radius 2 is 2.12 bits per heavy atom. The fourth-order valence-corrected chi connectivity index (χ4v) is 0.472. The van der Waals surface area contributed by atoms with Crippen LogP contribution in [0.5, 0.6) is 0 Å². The van der Waals surface area contributed by atoms with Crippen molar-refractivity contribution in [3.63, 3.8) is 0 Å². The van der Waals surface area contributed by atoms with Crippen LogP contribution in [0.25, 0.3) is 0 Å². The quantitative estimate of drug-likeness (QED) is 0.318. The van der Waals surface area contributed by atoms with E-state index in [0.717, 1.165) is 0 Å². The van der Waals surface area contributed by atoms with E-state index in [0.29, 0.717) is 6.04 Å². The summed E-state index contributed by atoms with van der Waals surface area (Å²) in [6, 6.07) is 0.359. The average Bonchev–Trinajstić information content (AvgIpc) is 1.69. The van der Waals surface area contributed by atoms with Crippen LogP contribution in [0.1, 0.15) is 13.8 Å². The molecule has 0 bridgehead atoms. The summed E-state index contributed by atoms with van der Waals surface area (Å²) >= 11 is 0. The van der Waals surface area contributed by atoms with Crippen LogP contribution in [-0.4, -0.2) is 24.4 Å². The van der Waals surface area contributed by atoms with Crippen molar-refractivity contribution in [1.29, 1.82) is 5.41 Å². The lowest BCUT2D eigenvalue weighted by Crippen LogP contribution is -2.38. The highest BCUT2D eigenvalue weighted by atomic mass is 15.5. The first kappa shape index (κ1) is 7.43. The molecule has 2 N–H and O–H groups in total. The molecule has 0 spiro atoms. The number of nitrogens with one attached hydrogen (secondary N) is 2. The summed E-state index contributed by atoms with van der Waals surface area (Å²) in [6.45, 7) is 4.03. The van der Waals surface area contributed by atoms with Crippen LogP contribution in [0.3, 0.4) is 0 Å². The molecular weight excluding hydrogens is 102 g/mol. The van der Waals surface area contributed by atoms with Crippen molar-refractivity contribution in [3.8, 4) is 0 Å². The Bertz CT molecular complexity index is 70.1. The summed E-state index contributed by atoms with van der Waals surface area (Å²) in [4.78, 5) is 0. The Labute approximate surface area is 50.2 Å². The van der Waals surface area contributed by atoms with Crippen LogP contribution in [-0.2, 0) is 0 Å². The van der Waals surface area contributed by atoms with Crippen molar-refractivity contribution >= 4 is 6.34 Å². The van der Waals surface area contributed by atoms with E-state index in [1.54, 1.807) is 12.1 Å². The van der Waals surface area contributed by atoms with Crippen molar-refractivity contribution in [2.45, 2.75) is 19.9 Å². The molecule has 0 aromatic heterocycles. The molecule has 0 heterocycles. The number of hydrazine groups is 1. The van der Waals surface area contributed by atoms with Gasteiger partial charge in [0, 0.05) is 13.1 Å². The minimum Gasteiger partial charge on any atom is -0.297 e. The van der Waals surface area contributed by atoms with Gasteiger partial charge in [0.1, 0.15) is 0 Å². The lowest BCUT2D eigenvalue weighted by molar-refractivity contribution is 0.288. The molecule has 0 aliphatic carbocycles. The van der Waals surface area contributed by atoms with Gasteiger partial charge in [-0.05, 0) is 13.8 Å². The normalized spacial score (nSPS) is 9.50. The monoisotopic (exact) mass is 115 g/mol. The molecule has 8 heavy (non-hydrogen) atoms. The second-order valence-electron chi connectivity index (χ2n) is 1.85. The molecule has 48 valence electrons. The van der Waals surface area contributed by atoms with Gasteiger partial charge in [-0.15, -0.1) is 0 Å². The highest BCUT2D eigenvalue weighted by molar-refractivity contribution is 5.49. The molecule has 0 fully saturated rings. The van der Waals surface area contributed by atoms with Crippen LogP contribution in [0, 0.1) is 5.41 Å². The maximum absolute atomic E-state index is 6.83. The summed E-state index contributed by atoms with van der Waals surface area (Å²) in [5.41, 5.74) is 2.84. The molecule has 0 atom stereocenters. The number of hydrogen-bond acceptors (Lipinski definition) is 2. The third-order valence-corrected chi connectivity index (χ3v) is 0.954. The SMILES string of the molecule is CNN(C=N)C(C)C. The molecule has 0 rings (SSSR count). The standard InChI is InChI=1S/C5H13N3/c1-5(2)8(4-6)7-3/h4-7H,1-3H3. The fourth-order valence-electron chi connectivity index (χ4n) is 0.472. The minimum absolute atomic E-state index is 0.359. The van der Waals surface area contributed by atoms with E-state index in [4.69, 9.17) is 5.41 Å². The molecule has 0 aromatic rings. The van der Waals surface area contributed by atoms with Crippen LogP contribution < -0.4 is 5.43 Å². The van der Waals surface area contributed by atoms with Crippen molar-refractivity contribution in [3.05, 3.63) is 0 Å². The summed E-state index contributed by atoms with van der Waals surface area (Å²) < 4.78 is 0. The molecule has 0 unspecified atom stereocenters. The van der Waals surface area contributed by atoms with Gasteiger partial charge < -0.3 is 0 Å². The van der Waals surface area contributed by atoms with E-state index in [1.807, 2.05) is 13.8 Å². The number of rotatable bonds is 3. The van der Waals surface area contributed by atoms with Gasteiger partial charge >= 0.3 is 0 Å². The second-order valence-corrected chi connectivity index (χ2v) is 1.85. The first-order valence-electron chi connectivity index (χ1n) is 2.68. The maximum Gasteiger partial charge on any atom is 0.0962 e. The first-order chi connectivity index (χ1) is 3.72. The Morgan fingerprint density at radius 3 is 2.12 bits per heavy atom. The van der Waals surface area contributed by atoms with Crippen LogP contribution in [0.4, 0.5) is 0 Å². The zero-order valence-electron chi connectivity index (χ0n) is 5.60. The van der Waals surface area contributed by atoms with E-state index in [1.165, 1.54) is 6.34 Å². The van der Waals surface area contributed by atoms with Gasteiger partial charge in [-0.3, -0.25) is 10.4 Å². The van der Waals surface area contributed by atoms with Crippen LogP contribution in [0.2, 0.25) is 0 Å². The number of hydrogen-bond donors (Lipinski definition) is 2. The smallest absolute Gasteiger partial charge is 0.0962 e. The lowest BCUT2D eigenvalue weighted by atomic mass is 10.4. The van der Waals surface area contributed by atoms with Gasteiger partial charge in [-0.2, -0.15) is 0 Å². The zero-order chi connectivity index (χ0) is 6.57. The van der Waals surface area contributed by atoms with Gasteiger partial charge in [-0.1, -0.05) is 0 Å². The molecule has 0 amide bonds. The molecule has 3 nitrogen and oxygen atoms in total. The molecule has 3 heteroatoms. The van der Waals surface area contributed by atoms with Crippen molar-refractivity contribution in [1.82, 2.24) is 10.4 Å². The molecule has 0 saturated carbocycles. The summed E-state index contributed by atoms with van der Waals surface area (Å²) in [6.07, 6.45) is 1.27. The summed E-state index contributed by atoms with van der Waals surface area (Å²) in [7, 11) is 1.80. The van der Waals surface area contributed by atoms with E-state index in [2.05, 4.69) is 5.43 Å². The minimum atomic E-state index is 0.359. The molecule has 0 aromatic carbocycles. The Hall–Kier alpha value is -0.570. The molecular formula is C5H13N3. The third-order valence-electron chi connectivity index (χ3n) is 0.954. The van der Waals surface area contributed by atoms with E-state index in [-0.39, 0.29) is 0 Å². The van der Waals surface area contributed by atoms with Gasteiger partial charge in [0.2, 0.25) is 0 Å². The van der Waals surface area contributed by atoms with Crippen molar-refractivity contribution in [2.24, 2.45) is 0 Å². The Morgan fingerprint density at radius 1 is 1.62 bits per heavy atom. The molecule has 0 aliphatic heterocycles. The second kappa shape index (κ2) is 3.43. The van der Waals surface area contributed by atoms with E-state index >= 15 is 0 Å². The molecule has 0 radical (unpaired) electrons. The Balaban J connectivity index is 3.51. The highest BCUT2D eigenvalue weighted by Gasteiger charge is 1.97.